The highest BCUT2D eigenvalue weighted by molar-refractivity contribution is 7.20. The molecular formula is C21H20N6O2S. The summed E-state index contributed by atoms with van der Waals surface area (Å²) in [6.07, 6.45) is 4.60. The Hall–Kier alpha value is -3.59. The fraction of sp³-hybridized carbons (Fsp3) is 0.190. The number of para-hydroxylation sites is 1. The van der Waals surface area contributed by atoms with Gasteiger partial charge in [-0.1, -0.05) is 36.8 Å². The Morgan fingerprint density at radius 3 is 2.73 bits per heavy atom. The van der Waals surface area contributed by atoms with Crippen LogP contribution in [-0.4, -0.2) is 31.4 Å². The van der Waals surface area contributed by atoms with Crippen LogP contribution in [0, 0.1) is 0 Å². The first-order valence-electron chi connectivity index (χ1n) is 9.53. The second-order valence-corrected chi connectivity index (χ2v) is 7.70. The number of rotatable bonds is 6. The smallest absolute Gasteiger partial charge is 0.282 e. The van der Waals surface area contributed by atoms with Crippen molar-refractivity contribution in [3.8, 4) is 5.13 Å². The number of carbonyl (C=O) groups excluding carboxylic acids is 1. The summed E-state index contributed by atoms with van der Waals surface area (Å²) >= 11 is 1.44. The minimum atomic E-state index is -0.365. The first-order chi connectivity index (χ1) is 14.6. The van der Waals surface area contributed by atoms with Crippen molar-refractivity contribution in [1.82, 2.24) is 25.2 Å². The van der Waals surface area contributed by atoms with E-state index in [4.69, 9.17) is 0 Å². The zero-order valence-corrected chi connectivity index (χ0v) is 17.4. The molecule has 0 fully saturated rings. The van der Waals surface area contributed by atoms with Gasteiger partial charge in [-0.25, -0.2) is 10.4 Å². The number of fused-ring (bicyclic) bond motifs is 1. The first-order valence-corrected chi connectivity index (χ1v) is 10.3. The molecule has 0 aliphatic carbocycles. The monoisotopic (exact) mass is 420 g/mol. The van der Waals surface area contributed by atoms with E-state index in [0.717, 1.165) is 22.3 Å². The van der Waals surface area contributed by atoms with Crippen LogP contribution in [0.2, 0.25) is 0 Å². The average Bonchev–Trinajstić information content (AvgIpc) is 3.33. The van der Waals surface area contributed by atoms with Gasteiger partial charge in [0.1, 0.15) is 0 Å². The molecular weight excluding hydrogens is 400 g/mol. The summed E-state index contributed by atoms with van der Waals surface area (Å²) in [6, 6.07) is 10.9. The second kappa shape index (κ2) is 8.42. The van der Waals surface area contributed by atoms with Crippen LogP contribution < -0.4 is 11.0 Å². The first kappa shape index (κ1) is 19.7. The standard InChI is InChI=1S/C21H20N6O2S/c1-3-6-16-18(13(2)24-25-19(28)14-9-11-22-12-10-14)20(29)27(26-16)21-23-15-7-4-5-8-17(15)30-21/h4-5,7-12,26H,3,6H2,1-2H3,(H,25,28). The molecule has 30 heavy (non-hydrogen) atoms. The van der Waals surface area contributed by atoms with Gasteiger partial charge >= 0.3 is 0 Å². The number of aromatic amines is 1. The number of pyridine rings is 1. The van der Waals surface area contributed by atoms with Gasteiger partial charge in [0, 0.05) is 23.7 Å². The highest BCUT2D eigenvalue weighted by Crippen LogP contribution is 2.24. The number of aryl methyl sites for hydroxylation is 1. The Kier molecular flexibility index (Phi) is 5.53. The van der Waals surface area contributed by atoms with Crippen molar-refractivity contribution in [1.29, 1.82) is 0 Å². The third kappa shape index (κ3) is 3.79. The Balaban J connectivity index is 1.70. The summed E-state index contributed by atoms with van der Waals surface area (Å²) in [5, 5.41) is 7.92. The van der Waals surface area contributed by atoms with Gasteiger partial charge in [0.05, 0.1) is 21.5 Å². The normalized spacial score (nSPS) is 11.7. The number of nitrogens with zero attached hydrogens (tertiary/aromatic N) is 4. The van der Waals surface area contributed by atoms with Gasteiger partial charge < -0.3 is 0 Å². The van der Waals surface area contributed by atoms with Crippen LogP contribution in [0.1, 0.15) is 41.9 Å². The minimum absolute atomic E-state index is 0.239. The highest BCUT2D eigenvalue weighted by atomic mass is 32.1. The van der Waals surface area contributed by atoms with Crippen molar-refractivity contribution < 1.29 is 4.79 Å². The van der Waals surface area contributed by atoms with E-state index in [0.29, 0.717) is 28.4 Å². The SMILES string of the molecule is CCCc1[nH]n(-c2nc3ccccc3s2)c(=O)c1C(C)=NNC(=O)c1ccncc1. The molecule has 0 unspecified atom stereocenters. The summed E-state index contributed by atoms with van der Waals surface area (Å²) in [6.45, 7) is 3.74. The molecule has 1 amide bonds. The Bertz CT molecular complexity index is 1250. The number of nitrogens with one attached hydrogen (secondary N) is 2. The number of amides is 1. The Labute approximate surface area is 176 Å². The summed E-state index contributed by atoms with van der Waals surface area (Å²) in [5.41, 5.74) is 5.20. The zero-order chi connectivity index (χ0) is 21.1. The Morgan fingerprint density at radius 2 is 2.00 bits per heavy atom. The number of benzene rings is 1. The molecule has 3 heterocycles. The van der Waals surface area contributed by atoms with Crippen molar-refractivity contribution in [2.75, 3.05) is 0 Å². The van der Waals surface area contributed by atoms with E-state index in [1.54, 1.807) is 19.1 Å². The van der Waals surface area contributed by atoms with Crippen LogP contribution in [-0.2, 0) is 6.42 Å². The van der Waals surface area contributed by atoms with Gasteiger partial charge in [-0.05, 0) is 37.6 Å². The summed E-state index contributed by atoms with van der Waals surface area (Å²) in [7, 11) is 0. The van der Waals surface area contributed by atoms with Crippen molar-refractivity contribution in [3.63, 3.8) is 0 Å². The van der Waals surface area contributed by atoms with Crippen LogP contribution in [0.3, 0.4) is 0 Å². The molecule has 0 spiro atoms. The maximum atomic E-state index is 13.2. The minimum Gasteiger partial charge on any atom is -0.292 e. The molecule has 0 aliphatic heterocycles. The van der Waals surface area contributed by atoms with Gasteiger partial charge in [0.25, 0.3) is 11.5 Å². The molecule has 152 valence electrons. The largest absolute Gasteiger partial charge is 0.292 e. The molecule has 8 nitrogen and oxygen atoms in total. The fourth-order valence-electron chi connectivity index (χ4n) is 3.14. The number of hydrazone groups is 1. The summed E-state index contributed by atoms with van der Waals surface area (Å²) in [5.74, 6) is -0.365. The van der Waals surface area contributed by atoms with Crippen molar-refractivity contribution in [3.05, 3.63) is 76.0 Å². The van der Waals surface area contributed by atoms with Crippen LogP contribution >= 0.6 is 11.3 Å². The van der Waals surface area contributed by atoms with E-state index in [2.05, 4.69) is 25.6 Å². The van der Waals surface area contributed by atoms with Gasteiger partial charge in [-0.3, -0.25) is 19.7 Å². The molecule has 0 radical (unpaired) electrons. The van der Waals surface area contributed by atoms with Crippen molar-refractivity contribution in [2.45, 2.75) is 26.7 Å². The molecule has 1 aromatic carbocycles. The number of aromatic nitrogens is 4. The van der Waals surface area contributed by atoms with Gasteiger partial charge in [-0.15, -0.1) is 0 Å². The van der Waals surface area contributed by atoms with Crippen molar-refractivity contribution >= 4 is 33.2 Å². The van der Waals surface area contributed by atoms with E-state index >= 15 is 0 Å². The quantitative estimate of drug-likeness (QED) is 0.369. The van der Waals surface area contributed by atoms with Crippen LogP contribution in [0.15, 0.2) is 58.7 Å². The maximum absolute atomic E-state index is 13.2. The molecule has 2 N–H and O–H groups in total. The number of carbonyl (C=O) groups is 1. The maximum Gasteiger partial charge on any atom is 0.282 e. The topological polar surface area (TPSA) is 105 Å². The highest BCUT2D eigenvalue weighted by Gasteiger charge is 2.19. The number of hydrogen-bond acceptors (Lipinski definition) is 6. The number of thiazole rings is 1. The predicted molar refractivity (Wildman–Crippen MR) is 117 cm³/mol. The van der Waals surface area contributed by atoms with Gasteiger partial charge in [0.15, 0.2) is 0 Å². The Morgan fingerprint density at radius 1 is 1.23 bits per heavy atom. The molecule has 9 heteroatoms. The molecule has 4 aromatic rings. The lowest BCUT2D eigenvalue weighted by molar-refractivity contribution is 0.0954. The third-order valence-electron chi connectivity index (χ3n) is 4.57. The van der Waals surface area contributed by atoms with Crippen LogP contribution in [0.25, 0.3) is 15.3 Å². The third-order valence-corrected chi connectivity index (χ3v) is 5.59. The molecule has 0 saturated heterocycles. The summed E-state index contributed by atoms with van der Waals surface area (Å²) < 4.78 is 2.46. The molecule has 0 bridgehead atoms. The molecule has 0 aliphatic rings. The number of hydrogen-bond donors (Lipinski definition) is 2. The van der Waals surface area contributed by atoms with Gasteiger partial charge in [-0.2, -0.15) is 9.78 Å². The van der Waals surface area contributed by atoms with E-state index in [1.165, 1.54) is 28.4 Å². The lowest BCUT2D eigenvalue weighted by atomic mass is 10.1. The van der Waals surface area contributed by atoms with Crippen LogP contribution in [0.5, 0.6) is 0 Å². The molecule has 0 saturated carbocycles. The molecule has 3 aromatic heterocycles. The van der Waals surface area contributed by atoms with E-state index in [9.17, 15) is 9.59 Å². The van der Waals surface area contributed by atoms with E-state index in [1.807, 2.05) is 31.2 Å². The fourth-order valence-corrected chi connectivity index (χ4v) is 4.06. The van der Waals surface area contributed by atoms with Crippen molar-refractivity contribution in [2.24, 2.45) is 5.10 Å². The molecule has 4 rings (SSSR count). The lowest BCUT2D eigenvalue weighted by Gasteiger charge is -2.02. The van der Waals surface area contributed by atoms with Gasteiger partial charge in [0.2, 0.25) is 5.13 Å². The average molecular weight is 420 g/mol. The molecule has 0 atom stereocenters. The zero-order valence-electron chi connectivity index (χ0n) is 16.5. The van der Waals surface area contributed by atoms with Crippen LogP contribution in [0.4, 0.5) is 0 Å². The summed E-state index contributed by atoms with van der Waals surface area (Å²) in [4.78, 5) is 33.9. The predicted octanol–water partition coefficient (Wildman–Crippen LogP) is 3.28. The second-order valence-electron chi connectivity index (χ2n) is 6.69. The lowest BCUT2D eigenvalue weighted by Crippen LogP contribution is -2.23. The van der Waals surface area contributed by atoms with E-state index < -0.39 is 0 Å². The number of H-pyrrole nitrogens is 1. The van der Waals surface area contributed by atoms with E-state index in [-0.39, 0.29) is 11.5 Å².